The number of benzene rings is 1. The predicted molar refractivity (Wildman–Crippen MR) is 67.9 cm³/mol. The summed E-state index contributed by atoms with van der Waals surface area (Å²) < 4.78 is 0. The summed E-state index contributed by atoms with van der Waals surface area (Å²) in [7, 11) is 0. The second-order valence-corrected chi connectivity index (χ2v) is 3.90. The van der Waals surface area contributed by atoms with Crippen LogP contribution in [0.25, 0.3) is 6.08 Å². The SMILES string of the molecule is C=C(C=Cc1ccccc1)C(=O)NC(C)C. The van der Waals surface area contributed by atoms with Gasteiger partial charge in [-0.15, -0.1) is 0 Å². The van der Waals surface area contributed by atoms with Crippen LogP contribution in [-0.2, 0) is 4.79 Å². The van der Waals surface area contributed by atoms with Gasteiger partial charge in [0.05, 0.1) is 0 Å². The van der Waals surface area contributed by atoms with Crippen molar-refractivity contribution in [2.45, 2.75) is 19.9 Å². The molecule has 0 spiro atoms. The van der Waals surface area contributed by atoms with Gasteiger partial charge >= 0.3 is 0 Å². The Morgan fingerprint density at radius 2 is 1.94 bits per heavy atom. The van der Waals surface area contributed by atoms with Crippen molar-refractivity contribution in [1.29, 1.82) is 0 Å². The third kappa shape index (κ3) is 4.13. The topological polar surface area (TPSA) is 29.1 Å². The zero-order chi connectivity index (χ0) is 12.0. The fourth-order valence-electron chi connectivity index (χ4n) is 1.19. The molecule has 2 heteroatoms. The second-order valence-electron chi connectivity index (χ2n) is 3.90. The van der Waals surface area contributed by atoms with Gasteiger partial charge in [0.1, 0.15) is 0 Å². The first kappa shape index (κ1) is 12.2. The highest BCUT2D eigenvalue weighted by molar-refractivity contribution is 5.96. The lowest BCUT2D eigenvalue weighted by molar-refractivity contribution is -0.117. The molecule has 0 radical (unpaired) electrons. The average molecular weight is 215 g/mol. The first-order valence-corrected chi connectivity index (χ1v) is 5.32. The Labute approximate surface area is 96.7 Å². The fourth-order valence-corrected chi connectivity index (χ4v) is 1.19. The van der Waals surface area contributed by atoms with Crippen LogP contribution in [0.4, 0.5) is 0 Å². The molecule has 2 nitrogen and oxygen atoms in total. The van der Waals surface area contributed by atoms with Crippen LogP contribution in [0.15, 0.2) is 48.6 Å². The van der Waals surface area contributed by atoms with Crippen molar-refractivity contribution in [2.24, 2.45) is 0 Å². The molecule has 0 aliphatic heterocycles. The lowest BCUT2D eigenvalue weighted by Gasteiger charge is -2.07. The van der Waals surface area contributed by atoms with Gasteiger partial charge in [0.15, 0.2) is 0 Å². The van der Waals surface area contributed by atoms with E-state index in [-0.39, 0.29) is 11.9 Å². The first-order chi connectivity index (χ1) is 7.59. The van der Waals surface area contributed by atoms with Crippen molar-refractivity contribution in [3.8, 4) is 0 Å². The van der Waals surface area contributed by atoms with Gasteiger partial charge in [0.25, 0.3) is 5.91 Å². The quantitative estimate of drug-likeness (QED) is 0.607. The van der Waals surface area contributed by atoms with E-state index in [4.69, 9.17) is 0 Å². The zero-order valence-corrected chi connectivity index (χ0v) is 9.73. The maximum absolute atomic E-state index is 11.5. The van der Waals surface area contributed by atoms with Crippen molar-refractivity contribution >= 4 is 12.0 Å². The Kier molecular flexibility index (Phi) is 4.52. The fraction of sp³-hybridized carbons (Fsp3) is 0.214. The Hall–Kier alpha value is -1.83. The van der Waals surface area contributed by atoms with Crippen LogP contribution in [0.1, 0.15) is 19.4 Å². The molecule has 0 saturated heterocycles. The average Bonchev–Trinajstić information content (AvgIpc) is 2.26. The van der Waals surface area contributed by atoms with Crippen LogP contribution in [0, 0.1) is 0 Å². The van der Waals surface area contributed by atoms with Crippen LogP contribution in [-0.4, -0.2) is 11.9 Å². The van der Waals surface area contributed by atoms with E-state index in [1.165, 1.54) is 0 Å². The summed E-state index contributed by atoms with van der Waals surface area (Å²) >= 11 is 0. The monoisotopic (exact) mass is 215 g/mol. The summed E-state index contributed by atoms with van der Waals surface area (Å²) in [6, 6.07) is 9.95. The van der Waals surface area contributed by atoms with E-state index in [0.717, 1.165) is 5.56 Å². The lowest BCUT2D eigenvalue weighted by atomic mass is 10.1. The minimum Gasteiger partial charge on any atom is -0.350 e. The molecule has 0 fully saturated rings. The summed E-state index contributed by atoms with van der Waals surface area (Å²) in [5.74, 6) is -0.123. The molecule has 16 heavy (non-hydrogen) atoms. The number of hydrogen-bond acceptors (Lipinski definition) is 1. The van der Waals surface area contributed by atoms with Crippen molar-refractivity contribution in [1.82, 2.24) is 5.32 Å². The predicted octanol–water partition coefficient (Wildman–Crippen LogP) is 2.78. The van der Waals surface area contributed by atoms with E-state index in [1.807, 2.05) is 50.3 Å². The van der Waals surface area contributed by atoms with Crippen LogP contribution in [0.3, 0.4) is 0 Å². The molecule has 0 aliphatic carbocycles. The van der Waals surface area contributed by atoms with Gasteiger partial charge < -0.3 is 5.32 Å². The molecule has 0 aliphatic rings. The van der Waals surface area contributed by atoms with Gasteiger partial charge in [-0.3, -0.25) is 4.79 Å². The minimum absolute atomic E-state index is 0.123. The molecule has 1 aromatic carbocycles. The second kappa shape index (κ2) is 5.91. The highest BCUT2D eigenvalue weighted by Gasteiger charge is 2.04. The first-order valence-electron chi connectivity index (χ1n) is 5.32. The molecule has 0 heterocycles. The maximum Gasteiger partial charge on any atom is 0.250 e. The highest BCUT2D eigenvalue weighted by atomic mass is 16.1. The molecule has 1 amide bonds. The van der Waals surface area contributed by atoms with Crippen LogP contribution in [0.5, 0.6) is 0 Å². The summed E-state index contributed by atoms with van der Waals surface area (Å²) in [6.07, 6.45) is 3.61. The molecule has 1 aromatic rings. The molecule has 0 bridgehead atoms. The van der Waals surface area contributed by atoms with E-state index < -0.39 is 0 Å². The van der Waals surface area contributed by atoms with Gasteiger partial charge in [0.2, 0.25) is 0 Å². The number of rotatable bonds is 4. The Bertz CT molecular complexity index is 390. The number of carbonyl (C=O) groups excluding carboxylic acids is 1. The number of nitrogens with one attached hydrogen (secondary N) is 1. The van der Waals surface area contributed by atoms with Gasteiger partial charge in [-0.05, 0) is 25.5 Å². The molecule has 0 atom stereocenters. The van der Waals surface area contributed by atoms with E-state index in [1.54, 1.807) is 6.08 Å². The third-order valence-electron chi connectivity index (χ3n) is 1.99. The van der Waals surface area contributed by atoms with E-state index in [2.05, 4.69) is 11.9 Å². The Morgan fingerprint density at radius 1 is 1.31 bits per heavy atom. The van der Waals surface area contributed by atoms with E-state index >= 15 is 0 Å². The molecular formula is C14H17NO. The van der Waals surface area contributed by atoms with Crippen molar-refractivity contribution < 1.29 is 4.79 Å². The Balaban J connectivity index is 2.58. The molecule has 84 valence electrons. The summed E-state index contributed by atoms with van der Waals surface area (Å²) in [6.45, 7) is 7.57. The highest BCUT2D eigenvalue weighted by Crippen LogP contribution is 2.04. The largest absolute Gasteiger partial charge is 0.350 e. The van der Waals surface area contributed by atoms with Crippen molar-refractivity contribution in [2.75, 3.05) is 0 Å². The normalized spacial score (nSPS) is 10.7. The summed E-state index contributed by atoms with van der Waals surface area (Å²) in [4.78, 5) is 11.5. The van der Waals surface area contributed by atoms with Gasteiger partial charge in [-0.1, -0.05) is 43.0 Å². The molecule has 1 N–H and O–H groups in total. The lowest BCUT2D eigenvalue weighted by Crippen LogP contribution is -2.30. The van der Waals surface area contributed by atoms with Crippen molar-refractivity contribution in [3.05, 3.63) is 54.1 Å². The molecule has 1 rings (SSSR count). The summed E-state index contributed by atoms with van der Waals surface area (Å²) in [5.41, 5.74) is 1.53. The minimum atomic E-state index is -0.123. The molecule has 0 aromatic heterocycles. The molecule has 0 saturated carbocycles. The molecule has 0 unspecified atom stereocenters. The van der Waals surface area contributed by atoms with Crippen molar-refractivity contribution in [3.63, 3.8) is 0 Å². The van der Waals surface area contributed by atoms with Crippen LogP contribution < -0.4 is 5.32 Å². The number of carbonyl (C=O) groups is 1. The van der Waals surface area contributed by atoms with Gasteiger partial charge in [-0.25, -0.2) is 0 Å². The standard InChI is InChI=1S/C14H17NO/c1-11(2)15-14(16)12(3)9-10-13-7-5-4-6-8-13/h4-11H,3H2,1-2H3,(H,15,16). The van der Waals surface area contributed by atoms with Crippen LogP contribution >= 0.6 is 0 Å². The zero-order valence-electron chi connectivity index (χ0n) is 9.73. The maximum atomic E-state index is 11.5. The number of amides is 1. The Morgan fingerprint density at radius 3 is 2.50 bits per heavy atom. The third-order valence-corrected chi connectivity index (χ3v) is 1.99. The van der Waals surface area contributed by atoms with Gasteiger partial charge in [0, 0.05) is 11.6 Å². The van der Waals surface area contributed by atoms with Crippen LogP contribution in [0.2, 0.25) is 0 Å². The van der Waals surface area contributed by atoms with E-state index in [9.17, 15) is 4.79 Å². The summed E-state index contributed by atoms with van der Waals surface area (Å²) in [5, 5.41) is 2.79. The number of hydrogen-bond donors (Lipinski definition) is 1. The van der Waals surface area contributed by atoms with E-state index in [0.29, 0.717) is 5.57 Å². The molecular weight excluding hydrogens is 198 g/mol. The van der Waals surface area contributed by atoms with Gasteiger partial charge in [-0.2, -0.15) is 0 Å². The smallest absolute Gasteiger partial charge is 0.250 e.